The van der Waals surface area contributed by atoms with Gasteiger partial charge < -0.3 is 15.7 Å². The number of amides is 1. The van der Waals surface area contributed by atoms with Crippen molar-refractivity contribution in [3.05, 3.63) is 0 Å². The third-order valence-corrected chi connectivity index (χ3v) is 2.97. The minimum atomic E-state index is -0.932. The van der Waals surface area contributed by atoms with Gasteiger partial charge in [-0.1, -0.05) is 20.8 Å². The number of carboxylic acids is 1. The van der Waals surface area contributed by atoms with Crippen LogP contribution in [0, 0.1) is 5.41 Å². The van der Waals surface area contributed by atoms with E-state index in [2.05, 4.69) is 0 Å². The maximum Gasteiger partial charge on any atom is 0.326 e. The summed E-state index contributed by atoms with van der Waals surface area (Å²) >= 11 is 0. The largest absolute Gasteiger partial charge is 0.480 e. The van der Waals surface area contributed by atoms with Crippen LogP contribution in [0.3, 0.4) is 0 Å². The second-order valence-corrected chi connectivity index (χ2v) is 5.90. The van der Waals surface area contributed by atoms with E-state index >= 15 is 0 Å². The van der Waals surface area contributed by atoms with Crippen molar-refractivity contribution in [1.82, 2.24) is 4.90 Å². The number of nitrogens with two attached hydrogens (primary N) is 1. The van der Waals surface area contributed by atoms with Crippen molar-refractivity contribution >= 4 is 11.9 Å². The van der Waals surface area contributed by atoms with Gasteiger partial charge in [-0.15, -0.1) is 0 Å². The Morgan fingerprint density at radius 3 is 2.53 bits per heavy atom. The second kappa shape index (κ2) is 5.04. The van der Waals surface area contributed by atoms with E-state index in [0.717, 1.165) is 6.42 Å². The van der Waals surface area contributed by atoms with E-state index in [1.54, 1.807) is 0 Å². The van der Waals surface area contributed by atoms with Crippen molar-refractivity contribution in [3.63, 3.8) is 0 Å². The van der Waals surface area contributed by atoms with Gasteiger partial charge in [0.05, 0.1) is 6.04 Å². The molecule has 1 saturated heterocycles. The first-order valence-corrected chi connectivity index (χ1v) is 6.01. The summed E-state index contributed by atoms with van der Waals surface area (Å²) in [6.45, 7) is 6.55. The van der Waals surface area contributed by atoms with Gasteiger partial charge in [0, 0.05) is 6.54 Å². The summed E-state index contributed by atoms with van der Waals surface area (Å²) in [5.74, 6) is -1.16. The molecule has 0 aromatic carbocycles. The van der Waals surface area contributed by atoms with Crippen molar-refractivity contribution in [2.45, 2.75) is 52.1 Å². The first kappa shape index (κ1) is 14.0. The lowest BCUT2D eigenvalue weighted by atomic mass is 9.88. The van der Waals surface area contributed by atoms with Gasteiger partial charge in [-0.2, -0.15) is 0 Å². The third-order valence-electron chi connectivity index (χ3n) is 2.97. The molecule has 0 aromatic heterocycles. The molecular formula is C12H22N2O3. The molecule has 17 heavy (non-hydrogen) atoms. The molecule has 0 spiro atoms. The molecule has 5 heteroatoms. The van der Waals surface area contributed by atoms with E-state index in [-0.39, 0.29) is 11.3 Å². The number of carbonyl (C=O) groups excluding carboxylic acids is 1. The lowest BCUT2D eigenvalue weighted by Gasteiger charge is -2.28. The maximum absolute atomic E-state index is 12.1. The zero-order valence-corrected chi connectivity index (χ0v) is 10.8. The Hall–Kier alpha value is -1.10. The fraction of sp³-hybridized carbons (Fsp3) is 0.833. The van der Waals surface area contributed by atoms with Gasteiger partial charge >= 0.3 is 5.97 Å². The fourth-order valence-electron chi connectivity index (χ4n) is 2.25. The summed E-state index contributed by atoms with van der Waals surface area (Å²) < 4.78 is 0. The number of hydrogen-bond donors (Lipinski definition) is 2. The molecule has 98 valence electrons. The van der Waals surface area contributed by atoms with Gasteiger partial charge in [-0.25, -0.2) is 4.79 Å². The third kappa shape index (κ3) is 3.70. The number of rotatable bonds is 3. The minimum Gasteiger partial charge on any atom is -0.480 e. The van der Waals surface area contributed by atoms with Crippen molar-refractivity contribution < 1.29 is 14.7 Å². The quantitative estimate of drug-likeness (QED) is 0.767. The topological polar surface area (TPSA) is 83.6 Å². The molecule has 0 saturated carbocycles. The summed E-state index contributed by atoms with van der Waals surface area (Å²) in [6.07, 6.45) is 1.84. The zero-order chi connectivity index (χ0) is 13.2. The van der Waals surface area contributed by atoms with Crippen LogP contribution in [-0.2, 0) is 9.59 Å². The lowest BCUT2D eigenvalue weighted by Crippen LogP contribution is -2.49. The highest BCUT2D eigenvalue weighted by Gasteiger charge is 2.36. The summed E-state index contributed by atoms with van der Waals surface area (Å²) in [5, 5.41) is 9.01. The Labute approximate surface area is 102 Å². The van der Waals surface area contributed by atoms with E-state index in [4.69, 9.17) is 10.8 Å². The first-order chi connectivity index (χ1) is 7.72. The number of nitrogens with zero attached hydrogens (tertiary/aromatic N) is 1. The van der Waals surface area contributed by atoms with Gasteiger partial charge in [-0.3, -0.25) is 4.79 Å². The van der Waals surface area contributed by atoms with Crippen LogP contribution in [0.4, 0.5) is 0 Å². The van der Waals surface area contributed by atoms with Crippen LogP contribution in [0.5, 0.6) is 0 Å². The van der Waals surface area contributed by atoms with Gasteiger partial charge in [0.2, 0.25) is 5.91 Å². The standard InChI is InChI=1S/C12H22N2O3/c1-12(2,3)7-8(13)10(15)14-6-4-5-9(14)11(16)17/h8-9H,4-7,13H2,1-3H3,(H,16,17)/t8-,9-/m0/s1. The number of likely N-dealkylation sites (tertiary alicyclic amines) is 1. The van der Waals surface area contributed by atoms with E-state index in [9.17, 15) is 9.59 Å². The summed E-state index contributed by atoms with van der Waals surface area (Å²) in [4.78, 5) is 24.5. The van der Waals surface area contributed by atoms with Crippen LogP contribution in [0.25, 0.3) is 0 Å². The molecule has 1 amide bonds. The zero-order valence-electron chi connectivity index (χ0n) is 10.8. The van der Waals surface area contributed by atoms with Crippen molar-refractivity contribution in [3.8, 4) is 0 Å². The Morgan fingerprint density at radius 1 is 1.47 bits per heavy atom. The average Bonchev–Trinajstić information content (AvgIpc) is 2.61. The molecule has 0 unspecified atom stereocenters. The minimum absolute atomic E-state index is 0.0342. The molecule has 1 heterocycles. The number of carboxylic acid groups (broad SMARTS) is 1. The first-order valence-electron chi connectivity index (χ1n) is 6.01. The molecule has 5 nitrogen and oxygen atoms in total. The molecule has 2 atom stereocenters. The highest BCUT2D eigenvalue weighted by atomic mass is 16.4. The van der Waals surface area contributed by atoms with Crippen molar-refractivity contribution in [2.75, 3.05) is 6.54 Å². The Bertz CT molecular complexity index is 309. The Morgan fingerprint density at radius 2 is 2.06 bits per heavy atom. The van der Waals surface area contributed by atoms with Gasteiger partial charge in [0.15, 0.2) is 0 Å². The number of carbonyl (C=O) groups is 2. The smallest absolute Gasteiger partial charge is 0.326 e. The Balaban J connectivity index is 2.66. The maximum atomic E-state index is 12.1. The SMILES string of the molecule is CC(C)(C)C[C@H](N)C(=O)N1CCC[C@H]1C(=O)O. The highest BCUT2D eigenvalue weighted by molar-refractivity contribution is 5.87. The van der Waals surface area contributed by atoms with Crippen LogP contribution in [0.1, 0.15) is 40.0 Å². The van der Waals surface area contributed by atoms with Crippen molar-refractivity contribution in [1.29, 1.82) is 0 Å². The molecule has 3 N–H and O–H groups in total. The summed E-state index contributed by atoms with van der Waals surface area (Å²) in [6, 6.07) is -1.29. The van der Waals surface area contributed by atoms with Crippen molar-refractivity contribution in [2.24, 2.45) is 11.1 Å². The van der Waals surface area contributed by atoms with E-state index in [1.165, 1.54) is 4.90 Å². The van der Waals surface area contributed by atoms with E-state index in [0.29, 0.717) is 19.4 Å². The molecule has 1 fully saturated rings. The Kier molecular flexibility index (Phi) is 4.14. The van der Waals surface area contributed by atoms with Gasteiger partial charge in [-0.05, 0) is 24.7 Å². The van der Waals surface area contributed by atoms with Crippen LogP contribution in [0.15, 0.2) is 0 Å². The number of aliphatic carboxylic acids is 1. The predicted octanol–water partition coefficient (Wildman–Crippen LogP) is 0.825. The molecule has 1 aliphatic heterocycles. The molecule has 0 radical (unpaired) electrons. The highest BCUT2D eigenvalue weighted by Crippen LogP contribution is 2.23. The molecule has 1 rings (SSSR count). The van der Waals surface area contributed by atoms with Crippen LogP contribution in [-0.4, -0.2) is 40.5 Å². The van der Waals surface area contributed by atoms with Gasteiger partial charge in [0.1, 0.15) is 6.04 Å². The molecule has 0 aliphatic carbocycles. The van der Waals surface area contributed by atoms with Crippen LogP contribution >= 0.6 is 0 Å². The normalized spacial score (nSPS) is 22.6. The van der Waals surface area contributed by atoms with Gasteiger partial charge in [0.25, 0.3) is 0 Å². The lowest BCUT2D eigenvalue weighted by molar-refractivity contribution is -0.148. The van der Waals surface area contributed by atoms with Crippen LogP contribution in [0.2, 0.25) is 0 Å². The monoisotopic (exact) mass is 242 g/mol. The molecular weight excluding hydrogens is 220 g/mol. The summed E-state index contributed by atoms with van der Waals surface area (Å²) in [5.41, 5.74) is 5.83. The van der Waals surface area contributed by atoms with E-state index < -0.39 is 18.1 Å². The number of hydrogen-bond acceptors (Lipinski definition) is 3. The molecule has 0 bridgehead atoms. The fourth-order valence-corrected chi connectivity index (χ4v) is 2.25. The summed E-state index contributed by atoms with van der Waals surface area (Å²) in [7, 11) is 0. The average molecular weight is 242 g/mol. The second-order valence-electron chi connectivity index (χ2n) is 5.90. The molecule has 0 aromatic rings. The molecule has 1 aliphatic rings. The predicted molar refractivity (Wildman–Crippen MR) is 64.4 cm³/mol. The van der Waals surface area contributed by atoms with Crippen LogP contribution < -0.4 is 5.73 Å². The van der Waals surface area contributed by atoms with E-state index in [1.807, 2.05) is 20.8 Å².